The van der Waals surface area contributed by atoms with Crippen LogP contribution in [-0.2, 0) is 4.79 Å². The minimum absolute atomic E-state index is 0.145. The summed E-state index contributed by atoms with van der Waals surface area (Å²) in [6.07, 6.45) is 1.76. The van der Waals surface area contributed by atoms with Crippen molar-refractivity contribution in [3.63, 3.8) is 0 Å². The molecule has 2 aliphatic heterocycles. The summed E-state index contributed by atoms with van der Waals surface area (Å²) in [5.41, 5.74) is 0.572. The van der Waals surface area contributed by atoms with Gasteiger partial charge in [0.2, 0.25) is 5.91 Å². The lowest BCUT2D eigenvalue weighted by Gasteiger charge is -2.26. The fourth-order valence-electron chi connectivity index (χ4n) is 4.19. The van der Waals surface area contributed by atoms with Gasteiger partial charge in [-0.1, -0.05) is 18.2 Å². The molecule has 0 spiro atoms. The van der Waals surface area contributed by atoms with E-state index >= 15 is 0 Å². The first-order valence-corrected chi connectivity index (χ1v) is 8.83. The molecule has 3 heterocycles. The Morgan fingerprint density at radius 2 is 2.32 bits per heavy atom. The normalized spacial score (nSPS) is 25.9. The van der Waals surface area contributed by atoms with E-state index in [9.17, 15) is 4.79 Å². The molecule has 0 saturated carbocycles. The predicted molar refractivity (Wildman–Crippen MR) is 96.5 cm³/mol. The van der Waals surface area contributed by atoms with Crippen molar-refractivity contribution in [3.05, 3.63) is 36.5 Å². The number of nitrogens with one attached hydrogen (secondary N) is 2. The van der Waals surface area contributed by atoms with Gasteiger partial charge in [-0.05, 0) is 19.2 Å². The average Bonchev–Trinajstić information content (AvgIpc) is 3.15. The van der Waals surface area contributed by atoms with Crippen molar-refractivity contribution in [3.8, 4) is 5.75 Å². The first-order chi connectivity index (χ1) is 12.2. The van der Waals surface area contributed by atoms with Crippen molar-refractivity contribution >= 4 is 16.8 Å². The van der Waals surface area contributed by atoms with Gasteiger partial charge in [-0.2, -0.15) is 0 Å². The van der Waals surface area contributed by atoms with Gasteiger partial charge in [0.25, 0.3) is 0 Å². The molecule has 0 aliphatic carbocycles. The largest absolute Gasteiger partial charge is 0.489 e. The summed E-state index contributed by atoms with van der Waals surface area (Å²) < 4.78 is 5.86. The van der Waals surface area contributed by atoms with Gasteiger partial charge in [0.15, 0.2) is 0 Å². The number of carbonyl (C=O) groups excluding carboxylic acids is 1. The van der Waals surface area contributed by atoms with Crippen molar-refractivity contribution < 1.29 is 9.53 Å². The first kappa shape index (κ1) is 16.3. The fourth-order valence-corrected chi connectivity index (χ4v) is 4.19. The van der Waals surface area contributed by atoms with Gasteiger partial charge in [-0.25, -0.2) is 0 Å². The summed E-state index contributed by atoms with van der Waals surface area (Å²) in [5, 5.41) is 7.50. The number of benzene rings is 1. The third-order valence-corrected chi connectivity index (χ3v) is 5.39. The molecular formula is C19H24N4O2. The number of likely N-dealkylation sites (tertiary alicyclic amines) is 1. The maximum absolute atomic E-state index is 12.8. The molecule has 2 atom stereocenters. The highest BCUT2D eigenvalue weighted by atomic mass is 16.5. The molecule has 2 aromatic rings. The zero-order valence-corrected chi connectivity index (χ0v) is 14.5. The van der Waals surface area contributed by atoms with Gasteiger partial charge in [0, 0.05) is 43.7 Å². The Balaban J connectivity index is 1.34. The van der Waals surface area contributed by atoms with E-state index in [1.807, 2.05) is 30.3 Å². The number of aromatic nitrogens is 1. The molecule has 25 heavy (non-hydrogen) atoms. The number of pyridine rings is 1. The van der Waals surface area contributed by atoms with E-state index in [2.05, 4.69) is 27.6 Å². The maximum atomic E-state index is 12.8. The van der Waals surface area contributed by atoms with Crippen LogP contribution in [0.2, 0.25) is 0 Å². The molecule has 2 fully saturated rings. The fraction of sp³-hybridized carbons (Fsp3) is 0.474. The van der Waals surface area contributed by atoms with Crippen LogP contribution < -0.4 is 15.4 Å². The third kappa shape index (κ3) is 2.96. The van der Waals surface area contributed by atoms with E-state index in [4.69, 9.17) is 4.74 Å². The van der Waals surface area contributed by atoms with Gasteiger partial charge >= 0.3 is 0 Å². The Morgan fingerprint density at radius 1 is 1.44 bits per heavy atom. The number of nitrogens with zero attached hydrogens (tertiary/aromatic N) is 2. The second-order valence-electron chi connectivity index (χ2n) is 7.12. The molecule has 1 aromatic heterocycles. The van der Waals surface area contributed by atoms with E-state index in [1.165, 1.54) is 0 Å². The van der Waals surface area contributed by atoms with Gasteiger partial charge in [-0.3, -0.25) is 9.78 Å². The number of carbonyl (C=O) groups is 1. The lowest BCUT2D eigenvalue weighted by molar-refractivity contribution is -0.130. The summed E-state index contributed by atoms with van der Waals surface area (Å²) in [6.45, 7) is 4.44. The van der Waals surface area contributed by atoms with Crippen molar-refractivity contribution in [2.45, 2.75) is 0 Å². The van der Waals surface area contributed by atoms with Crippen LogP contribution in [-0.4, -0.2) is 62.2 Å². The summed E-state index contributed by atoms with van der Waals surface area (Å²) in [6, 6.07) is 9.81. The molecule has 6 nitrogen and oxygen atoms in total. The molecule has 1 amide bonds. The number of ether oxygens (including phenoxy) is 1. The van der Waals surface area contributed by atoms with Crippen molar-refractivity contribution in [1.29, 1.82) is 0 Å². The van der Waals surface area contributed by atoms with Gasteiger partial charge in [-0.15, -0.1) is 0 Å². The smallest absolute Gasteiger partial charge is 0.229 e. The minimum Gasteiger partial charge on any atom is -0.489 e. The zero-order valence-electron chi connectivity index (χ0n) is 14.5. The summed E-state index contributed by atoms with van der Waals surface area (Å²) in [7, 11) is 2.09. The number of fused-ring (bicyclic) bond motifs is 2. The van der Waals surface area contributed by atoms with E-state index < -0.39 is 0 Å². The van der Waals surface area contributed by atoms with Gasteiger partial charge in [0.05, 0.1) is 12.0 Å². The molecule has 2 aliphatic rings. The summed E-state index contributed by atoms with van der Waals surface area (Å²) >= 11 is 0. The van der Waals surface area contributed by atoms with Crippen LogP contribution in [0.4, 0.5) is 0 Å². The molecule has 0 unspecified atom stereocenters. The molecule has 2 saturated heterocycles. The highest BCUT2D eigenvalue weighted by Crippen LogP contribution is 2.38. The Morgan fingerprint density at radius 3 is 3.24 bits per heavy atom. The molecule has 2 N–H and O–H groups in total. The predicted octanol–water partition coefficient (Wildman–Crippen LogP) is 0.881. The van der Waals surface area contributed by atoms with Crippen LogP contribution in [0.5, 0.6) is 5.75 Å². The molecule has 0 bridgehead atoms. The average molecular weight is 340 g/mol. The van der Waals surface area contributed by atoms with Crippen molar-refractivity contribution in [2.24, 2.45) is 11.3 Å². The Bertz CT molecular complexity index is 776. The van der Waals surface area contributed by atoms with E-state index in [0.29, 0.717) is 19.1 Å². The Kier molecular flexibility index (Phi) is 4.31. The lowest BCUT2D eigenvalue weighted by atomic mass is 9.80. The van der Waals surface area contributed by atoms with Crippen LogP contribution in [0.1, 0.15) is 0 Å². The molecule has 0 radical (unpaired) electrons. The van der Waals surface area contributed by atoms with Crippen LogP contribution in [0.15, 0.2) is 36.5 Å². The zero-order chi connectivity index (χ0) is 17.3. The second kappa shape index (κ2) is 6.61. The number of hydrogen-bond donors (Lipinski definition) is 2. The highest BCUT2D eigenvalue weighted by Gasteiger charge is 2.53. The van der Waals surface area contributed by atoms with Crippen LogP contribution in [0, 0.1) is 11.3 Å². The maximum Gasteiger partial charge on any atom is 0.229 e. The number of amides is 1. The van der Waals surface area contributed by atoms with Gasteiger partial charge in [0.1, 0.15) is 17.9 Å². The highest BCUT2D eigenvalue weighted by molar-refractivity contribution is 5.85. The topological polar surface area (TPSA) is 66.5 Å². The standard InChI is InChI=1S/C19H24N4O2/c1-23-11-15-10-20-12-19(15,13-23)18(24)22-8-9-25-16-6-2-4-14-5-3-7-21-17(14)16/h2-7,15,20H,8-13H2,1H3,(H,22,24)/t15-,19-/m1/s1. The monoisotopic (exact) mass is 340 g/mol. The van der Waals surface area contributed by atoms with Gasteiger partial charge < -0.3 is 20.3 Å². The second-order valence-corrected chi connectivity index (χ2v) is 7.12. The van der Waals surface area contributed by atoms with Crippen LogP contribution in [0.25, 0.3) is 10.9 Å². The Hall–Kier alpha value is -2.18. The SMILES string of the molecule is CN1C[C@H]2CNC[C@@]2(C(=O)NCCOc2cccc3cccnc23)C1. The van der Waals surface area contributed by atoms with Crippen molar-refractivity contribution in [1.82, 2.24) is 20.5 Å². The lowest BCUT2D eigenvalue weighted by Crippen LogP contribution is -2.48. The van der Waals surface area contributed by atoms with E-state index in [-0.39, 0.29) is 11.3 Å². The molecule has 4 rings (SSSR count). The quantitative estimate of drug-likeness (QED) is 0.791. The van der Waals surface area contributed by atoms with E-state index in [1.54, 1.807) is 6.20 Å². The van der Waals surface area contributed by atoms with E-state index in [0.717, 1.165) is 42.8 Å². The van der Waals surface area contributed by atoms with Crippen LogP contribution in [0.3, 0.4) is 0 Å². The third-order valence-electron chi connectivity index (χ3n) is 5.39. The molecule has 1 aromatic carbocycles. The minimum atomic E-state index is -0.282. The number of rotatable bonds is 5. The molecule has 6 heteroatoms. The van der Waals surface area contributed by atoms with Crippen LogP contribution >= 0.6 is 0 Å². The molecular weight excluding hydrogens is 316 g/mol. The summed E-state index contributed by atoms with van der Waals surface area (Å²) in [5.74, 6) is 1.30. The van der Waals surface area contributed by atoms with Crippen molar-refractivity contribution in [2.75, 3.05) is 46.4 Å². The number of para-hydroxylation sites is 1. The number of hydrogen-bond acceptors (Lipinski definition) is 5. The Labute approximate surface area is 147 Å². The first-order valence-electron chi connectivity index (χ1n) is 8.83. The summed E-state index contributed by atoms with van der Waals surface area (Å²) in [4.78, 5) is 19.4. The molecule has 132 valence electrons.